The minimum absolute atomic E-state index is 0.00231. The summed E-state index contributed by atoms with van der Waals surface area (Å²) in [6.45, 7) is 3.27. The van der Waals surface area contributed by atoms with E-state index in [1.807, 2.05) is 72.4 Å². The molecule has 2 aliphatic rings. The second-order valence-electron chi connectivity index (χ2n) is 10.9. The van der Waals surface area contributed by atoms with Crippen LogP contribution >= 0.6 is 35.0 Å². The number of nitrogens with one attached hydrogen (secondary N) is 3. The number of carbonyl (C=O) groups is 2. The molecule has 5 rings (SSSR count). The van der Waals surface area contributed by atoms with Crippen LogP contribution in [0.5, 0.6) is 0 Å². The molecule has 5 unspecified atom stereocenters. The van der Waals surface area contributed by atoms with Gasteiger partial charge in [0.15, 0.2) is 0 Å². The third-order valence-electron chi connectivity index (χ3n) is 8.33. The lowest BCUT2D eigenvalue weighted by molar-refractivity contribution is -0.881. The van der Waals surface area contributed by atoms with Gasteiger partial charge in [-0.2, -0.15) is 11.8 Å². The van der Waals surface area contributed by atoms with Crippen molar-refractivity contribution in [1.29, 1.82) is 0 Å². The number of quaternary nitrogens is 1. The van der Waals surface area contributed by atoms with Crippen LogP contribution in [0.4, 0.5) is 0 Å². The Hall–Kier alpha value is -2.39. The largest absolute Gasteiger partial charge is 0.345 e. The van der Waals surface area contributed by atoms with Crippen LogP contribution < -0.4 is 15.7 Å². The topological polar surface area (TPSA) is 71.9 Å². The molecule has 0 bridgehead atoms. The Morgan fingerprint density at radius 3 is 2.55 bits per heavy atom. The average molecular weight is 628 g/mol. The minimum atomic E-state index is -0.707. The molecular weight excluding hydrogens is 589 g/mol. The third kappa shape index (κ3) is 7.04. The van der Waals surface area contributed by atoms with E-state index in [1.165, 1.54) is 0 Å². The summed E-state index contributed by atoms with van der Waals surface area (Å²) in [5.74, 6) is 1.07. The Morgan fingerprint density at radius 1 is 1.00 bits per heavy atom. The molecule has 6 nitrogen and oxygen atoms in total. The Kier molecular flexibility index (Phi) is 11.0. The van der Waals surface area contributed by atoms with E-state index in [9.17, 15) is 9.59 Å². The second kappa shape index (κ2) is 14.9. The lowest BCUT2D eigenvalue weighted by atomic mass is 9.76. The first-order valence-corrected chi connectivity index (χ1v) is 16.6. The highest BCUT2D eigenvalue weighted by atomic mass is 35.5. The first-order valence-electron chi connectivity index (χ1n) is 14.7. The molecule has 0 spiro atoms. The van der Waals surface area contributed by atoms with E-state index in [1.54, 1.807) is 12.1 Å². The van der Waals surface area contributed by atoms with Gasteiger partial charge < -0.3 is 5.32 Å². The van der Waals surface area contributed by atoms with Gasteiger partial charge >= 0.3 is 5.91 Å². The molecule has 0 aromatic heterocycles. The number of thioether (sulfide) groups is 1. The van der Waals surface area contributed by atoms with Crippen molar-refractivity contribution in [3.63, 3.8) is 0 Å². The van der Waals surface area contributed by atoms with Gasteiger partial charge in [-0.3, -0.25) is 14.5 Å². The Balaban J connectivity index is 1.54. The zero-order chi connectivity index (χ0) is 29.5. The van der Waals surface area contributed by atoms with E-state index in [2.05, 4.69) is 17.7 Å². The van der Waals surface area contributed by atoms with Crippen LogP contribution in [0.3, 0.4) is 0 Å². The Bertz CT molecular complexity index is 1380. The smallest absolute Gasteiger partial charge is 0.308 e. The van der Waals surface area contributed by atoms with E-state index in [4.69, 9.17) is 28.0 Å². The molecule has 1 aliphatic carbocycles. The molecule has 5 atom stereocenters. The summed E-state index contributed by atoms with van der Waals surface area (Å²) < 4.78 is 0. The second-order valence-corrected chi connectivity index (χ2v) is 13.1. The predicted octanol–water partition coefficient (Wildman–Crippen LogP) is 5.76. The fourth-order valence-electron chi connectivity index (χ4n) is 6.46. The molecule has 1 fully saturated rings. The highest BCUT2D eigenvalue weighted by molar-refractivity contribution is 7.99. The lowest BCUT2D eigenvalue weighted by Gasteiger charge is -2.44. The van der Waals surface area contributed by atoms with Gasteiger partial charge in [-0.1, -0.05) is 91.1 Å². The van der Waals surface area contributed by atoms with Crippen LogP contribution in [-0.2, 0) is 16.2 Å². The fourth-order valence-corrected chi connectivity index (χ4v) is 7.54. The molecule has 1 aliphatic heterocycles. The number of halogens is 2. The summed E-state index contributed by atoms with van der Waals surface area (Å²) in [5, 5.41) is 4.72. The van der Waals surface area contributed by atoms with Gasteiger partial charge in [-0.15, -0.1) is 0 Å². The summed E-state index contributed by atoms with van der Waals surface area (Å²) >= 11 is 15.1. The molecule has 42 heavy (non-hydrogen) atoms. The van der Waals surface area contributed by atoms with Crippen molar-refractivity contribution in [1.82, 2.24) is 10.8 Å². The summed E-state index contributed by atoms with van der Waals surface area (Å²) in [6.07, 6.45) is 4.00. The number of amides is 2. The standard InChI is InChI=1S/C33H37Cl2N3O3S/c1-2-42-19-18-36-28-14-8-9-15-29(28)38-31(26-17-16-23(34)20-27(26)35)30(24-12-6-7-13-25(24)33(38)40)32(39)37-41-21-22-10-4-3-5-11-22/h3-7,10-13,16-17,20,28-31,36H,2,8-9,14-15,18-19,21H2,1H3,(H,37,39)/p+1. The van der Waals surface area contributed by atoms with Gasteiger partial charge in [0.05, 0.1) is 23.2 Å². The molecule has 1 saturated carbocycles. The number of hydrogen-bond acceptors (Lipinski definition) is 5. The molecule has 222 valence electrons. The number of rotatable bonds is 11. The zero-order valence-electron chi connectivity index (χ0n) is 23.8. The summed E-state index contributed by atoms with van der Waals surface area (Å²) in [7, 11) is 0. The molecule has 3 aromatic rings. The van der Waals surface area contributed by atoms with Crippen LogP contribution in [0.1, 0.15) is 71.6 Å². The summed E-state index contributed by atoms with van der Waals surface area (Å²) in [4.78, 5) is 35.1. The van der Waals surface area contributed by atoms with Gasteiger partial charge in [0, 0.05) is 29.3 Å². The van der Waals surface area contributed by atoms with Gasteiger partial charge in [0.25, 0.3) is 5.91 Å². The van der Waals surface area contributed by atoms with Crippen LogP contribution in [0.2, 0.25) is 10.0 Å². The van der Waals surface area contributed by atoms with Crippen molar-refractivity contribution in [3.05, 3.63) is 105 Å². The van der Waals surface area contributed by atoms with E-state index < -0.39 is 12.0 Å². The molecule has 9 heteroatoms. The Morgan fingerprint density at radius 2 is 1.76 bits per heavy atom. The SMILES string of the molecule is CCSCCNC1CCCCC1[NH+]1C(=O)c2ccccc2C(C(=O)NOCc2ccccc2)C1c1ccc(Cl)cc1Cl. The Labute approximate surface area is 262 Å². The van der Waals surface area contributed by atoms with E-state index in [0.29, 0.717) is 21.2 Å². The van der Waals surface area contributed by atoms with Crippen LogP contribution in [0.25, 0.3) is 0 Å². The maximum absolute atomic E-state index is 14.5. The molecular formula is C33H38Cl2N3O3S+. The van der Waals surface area contributed by atoms with Gasteiger partial charge in [-0.05, 0) is 47.9 Å². The van der Waals surface area contributed by atoms with Gasteiger partial charge in [0.1, 0.15) is 18.0 Å². The van der Waals surface area contributed by atoms with Crippen LogP contribution in [0.15, 0.2) is 72.8 Å². The monoisotopic (exact) mass is 626 g/mol. The maximum atomic E-state index is 14.5. The molecule has 3 aromatic carbocycles. The molecule has 0 saturated heterocycles. The van der Waals surface area contributed by atoms with Crippen molar-refractivity contribution in [2.75, 3.05) is 18.1 Å². The van der Waals surface area contributed by atoms with Crippen molar-refractivity contribution >= 4 is 46.8 Å². The van der Waals surface area contributed by atoms with Crippen molar-refractivity contribution in [2.24, 2.45) is 0 Å². The maximum Gasteiger partial charge on any atom is 0.345 e. The number of fused-ring (bicyclic) bond motifs is 1. The van der Waals surface area contributed by atoms with Gasteiger partial charge in [0.2, 0.25) is 0 Å². The normalized spacial score (nSPS) is 23.8. The third-order valence-corrected chi connectivity index (χ3v) is 9.79. The molecule has 0 radical (unpaired) electrons. The first-order chi connectivity index (χ1) is 20.5. The van der Waals surface area contributed by atoms with Crippen molar-refractivity contribution < 1.29 is 19.3 Å². The minimum Gasteiger partial charge on any atom is -0.308 e. The molecule has 2 amide bonds. The van der Waals surface area contributed by atoms with E-state index >= 15 is 0 Å². The summed E-state index contributed by atoms with van der Waals surface area (Å²) in [5.41, 5.74) is 5.65. The predicted molar refractivity (Wildman–Crippen MR) is 170 cm³/mol. The van der Waals surface area contributed by atoms with E-state index in [0.717, 1.165) is 59.8 Å². The number of benzene rings is 3. The highest BCUT2D eigenvalue weighted by Crippen LogP contribution is 2.39. The van der Waals surface area contributed by atoms with Crippen molar-refractivity contribution in [3.8, 4) is 0 Å². The van der Waals surface area contributed by atoms with E-state index in [-0.39, 0.29) is 30.5 Å². The molecule has 3 N–H and O–H groups in total. The number of hydroxylamine groups is 1. The number of hydrogen-bond donors (Lipinski definition) is 3. The average Bonchev–Trinajstić information content (AvgIpc) is 3.00. The zero-order valence-corrected chi connectivity index (χ0v) is 26.1. The highest BCUT2D eigenvalue weighted by Gasteiger charge is 2.53. The molecule has 1 heterocycles. The van der Waals surface area contributed by atoms with Crippen LogP contribution in [-0.4, -0.2) is 41.9 Å². The lowest BCUT2D eigenvalue weighted by Crippen LogP contribution is -3.21. The van der Waals surface area contributed by atoms with Crippen molar-refractivity contribution in [2.45, 2.75) is 63.3 Å². The number of carbonyl (C=O) groups excluding carboxylic acids is 2. The van der Waals surface area contributed by atoms with Gasteiger partial charge in [-0.25, -0.2) is 10.3 Å². The summed E-state index contributed by atoms with van der Waals surface area (Å²) in [6, 6.07) is 22.0. The van der Waals surface area contributed by atoms with Crippen LogP contribution in [0, 0.1) is 0 Å². The quantitative estimate of drug-likeness (QED) is 0.186. The fraction of sp³-hybridized carbons (Fsp3) is 0.394. The first kappa shape index (κ1) is 31.0.